The van der Waals surface area contributed by atoms with Crippen molar-refractivity contribution >= 4 is 15.7 Å². The van der Waals surface area contributed by atoms with Crippen LogP contribution in [0.4, 0.5) is 0 Å². The molecule has 0 saturated carbocycles. The van der Waals surface area contributed by atoms with Crippen LogP contribution in [0.1, 0.15) is 0 Å². The number of hydrogen-bond donors (Lipinski definition) is 2. The van der Waals surface area contributed by atoms with E-state index in [9.17, 15) is 4.79 Å². The fraction of sp³-hybridized carbons (Fsp3) is 0. The van der Waals surface area contributed by atoms with Crippen LogP contribution in [-0.2, 0) is 24.1 Å². The van der Waals surface area contributed by atoms with Crippen LogP contribution in [0, 0.1) is 6.58 Å². The van der Waals surface area contributed by atoms with Crippen molar-refractivity contribution in [1.29, 1.82) is 0 Å². The van der Waals surface area contributed by atoms with Crippen molar-refractivity contribution in [2.75, 3.05) is 0 Å². The van der Waals surface area contributed by atoms with Crippen molar-refractivity contribution < 1.29 is 29.3 Å². The summed E-state index contributed by atoms with van der Waals surface area (Å²) in [5.74, 6) is -1.09. The first-order valence-electron chi connectivity index (χ1n) is 2.24. The molecule has 0 rings (SSSR count). The van der Waals surface area contributed by atoms with Gasteiger partial charge >= 0.3 is 68.5 Å². The number of nitrogens with zero attached hydrogens (tertiary/aromatic N) is 1. The molecule has 0 aromatic carbocycles. The number of nitrogens with two attached hydrogens (primary N) is 1. The van der Waals surface area contributed by atoms with E-state index in [1.54, 1.807) is 0 Å². The third-order valence-corrected chi connectivity index (χ3v) is 2.02. The molecule has 0 heterocycles. The van der Waals surface area contributed by atoms with Crippen molar-refractivity contribution in [2.24, 2.45) is 10.7 Å². The number of carboxylic acids is 1. The second-order valence-corrected chi connectivity index (χ2v) is 2.76. The molecule has 0 aliphatic rings. The Hall–Kier alpha value is -0.762. The summed E-state index contributed by atoms with van der Waals surface area (Å²) in [6.45, 7) is 4.88. The summed E-state index contributed by atoms with van der Waals surface area (Å²) in [6.07, 6.45) is 0.960. The maximum atomic E-state index is 10.2. The Morgan fingerprint density at radius 3 is 2.60 bits per heavy atom. The van der Waals surface area contributed by atoms with Gasteiger partial charge in [0.2, 0.25) is 0 Å². The monoisotopic (exact) mass is 309 g/mol. The molecule has 54 valence electrons. The molecule has 0 aromatic heterocycles. The van der Waals surface area contributed by atoms with Crippen molar-refractivity contribution in [1.82, 2.24) is 0 Å². The van der Waals surface area contributed by atoms with Gasteiger partial charge in [-0.2, -0.15) is 0 Å². The fourth-order valence-corrected chi connectivity index (χ4v) is 0.438. The van der Waals surface area contributed by atoms with Gasteiger partial charge in [0.1, 0.15) is 0 Å². The number of aliphatic carboxylic acids is 1. The molecule has 3 N–H and O–H groups in total. The zero-order chi connectivity index (χ0) is 8.15. The first kappa shape index (κ1) is 9.24. The molecule has 0 aromatic rings. The molecule has 4 nitrogen and oxygen atoms in total. The van der Waals surface area contributed by atoms with Gasteiger partial charge in [0.25, 0.3) is 0 Å². The zero-order valence-electron chi connectivity index (χ0n) is 4.94. The molecule has 0 saturated heterocycles. The van der Waals surface area contributed by atoms with E-state index in [-0.39, 0.29) is 9.73 Å². The van der Waals surface area contributed by atoms with Crippen molar-refractivity contribution in [3.05, 3.63) is 12.8 Å². The SMILES string of the molecule is [CH-]=CN=C(N)[C](=[W])C(=O)O. The molecule has 5 heteroatoms. The van der Waals surface area contributed by atoms with Gasteiger partial charge in [-0.1, -0.05) is 0 Å². The van der Waals surface area contributed by atoms with E-state index in [0.717, 1.165) is 25.6 Å². The number of aliphatic imine (C=N–C) groups is 1. The Bertz CT molecular complexity index is 210. The normalized spacial score (nSPS) is 10.6. The zero-order valence-corrected chi connectivity index (χ0v) is 7.88. The second kappa shape index (κ2) is 4.12. The fourth-order valence-electron chi connectivity index (χ4n) is 0.248. The summed E-state index contributed by atoms with van der Waals surface area (Å²) >= 11 is 0.755. The summed E-state index contributed by atoms with van der Waals surface area (Å²) in [5.41, 5.74) is 5.17. The van der Waals surface area contributed by atoms with E-state index < -0.39 is 5.97 Å². The number of carboxylic acid groups (broad SMARTS) is 1. The molecule has 0 spiro atoms. The Balaban J connectivity index is 4.36. The van der Waals surface area contributed by atoms with E-state index in [1.165, 1.54) is 0 Å². The topological polar surface area (TPSA) is 75.7 Å². The first-order valence-corrected chi connectivity index (χ1v) is 3.70. The maximum absolute atomic E-state index is 10.2. The molecule has 0 aliphatic heterocycles. The third kappa shape index (κ3) is 2.69. The Labute approximate surface area is 68.9 Å². The molecular weight excluding hydrogens is 304 g/mol. The van der Waals surface area contributed by atoms with Crippen molar-refractivity contribution in [2.45, 2.75) is 0 Å². The average Bonchev–Trinajstić information content (AvgIpc) is 1.87. The van der Waals surface area contributed by atoms with Gasteiger partial charge < -0.3 is 0 Å². The van der Waals surface area contributed by atoms with Gasteiger partial charge in [-0.3, -0.25) is 0 Å². The minimum absolute atomic E-state index is 0.0370. The number of hydrogen-bond acceptors (Lipinski definition) is 2. The quantitative estimate of drug-likeness (QED) is 0.403. The summed E-state index contributed by atoms with van der Waals surface area (Å²) in [5, 5.41) is 8.35. The second-order valence-electron chi connectivity index (χ2n) is 1.30. The summed E-state index contributed by atoms with van der Waals surface area (Å²) < 4.78 is 0.0710. The van der Waals surface area contributed by atoms with Crippen molar-refractivity contribution in [3.63, 3.8) is 0 Å². The average molecular weight is 309 g/mol. The van der Waals surface area contributed by atoms with Gasteiger partial charge in [0.05, 0.1) is 0 Å². The van der Waals surface area contributed by atoms with Gasteiger partial charge in [-0.15, -0.1) is 0 Å². The van der Waals surface area contributed by atoms with Crippen LogP contribution in [0.3, 0.4) is 0 Å². The molecule has 10 heavy (non-hydrogen) atoms. The van der Waals surface area contributed by atoms with Crippen LogP contribution in [-0.4, -0.2) is 20.8 Å². The van der Waals surface area contributed by atoms with Gasteiger partial charge in [-0.05, 0) is 0 Å². The number of carbonyl (C=O) groups is 1. The van der Waals surface area contributed by atoms with E-state index >= 15 is 0 Å². The van der Waals surface area contributed by atoms with Crippen LogP contribution in [0.15, 0.2) is 11.2 Å². The van der Waals surface area contributed by atoms with Crippen molar-refractivity contribution in [3.8, 4) is 0 Å². The van der Waals surface area contributed by atoms with E-state index in [0.29, 0.717) is 0 Å². The minimum atomic E-state index is -1.06. The molecule has 0 radical (unpaired) electrons. The van der Waals surface area contributed by atoms with Crippen LogP contribution < -0.4 is 5.73 Å². The predicted octanol–water partition coefficient (Wildman–Crippen LogP) is -0.906. The van der Waals surface area contributed by atoms with E-state index in [1.807, 2.05) is 0 Å². The Morgan fingerprint density at radius 1 is 1.80 bits per heavy atom. The third-order valence-electron chi connectivity index (χ3n) is 0.641. The standard InChI is InChI=1S/C5H5N2O2.W/c1-2-7-4(6)3-5(8)9;/h1-2H,(H2,6,7)(H,8,9);/q-1;. The van der Waals surface area contributed by atoms with Crippen LogP contribution in [0.5, 0.6) is 0 Å². The molecule has 0 amide bonds. The van der Waals surface area contributed by atoms with Gasteiger partial charge in [0.15, 0.2) is 0 Å². The molecule has 0 unspecified atom stereocenters. The Morgan fingerprint density at radius 2 is 2.30 bits per heavy atom. The van der Waals surface area contributed by atoms with E-state index in [2.05, 4.69) is 4.99 Å². The van der Waals surface area contributed by atoms with Crippen LogP contribution in [0.25, 0.3) is 0 Å². The first-order chi connectivity index (χ1) is 4.59. The van der Waals surface area contributed by atoms with Crippen LogP contribution >= 0.6 is 0 Å². The summed E-state index contributed by atoms with van der Waals surface area (Å²) in [6, 6.07) is 0. The summed E-state index contributed by atoms with van der Waals surface area (Å²) in [4.78, 5) is 13.6. The predicted molar refractivity (Wildman–Crippen MR) is 33.1 cm³/mol. The molecule has 0 fully saturated rings. The van der Waals surface area contributed by atoms with Gasteiger partial charge in [-0.25, -0.2) is 0 Å². The Kier molecular flexibility index (Phi) is 3.80. The van der Waals surface area contributed by atoms with E-state index in [4.69, 9.17) is 17.4 Å². The summed E-state index contributed by atoms with van der Waals surface area (Å²) in [7, 11) is 0. The molecular formula is C5H5N2O2W-. The number of rotatable bonds is 3. The molecule has 0 aliphatic carbocycles. The molecule has 0 bridgehead atoms. The van der Waals surface area contributed by atoms with Crippen LogP contribution in [0.2, 0.25) is 0 Å². The number of amidine groups is 1. The molecule has 0 atom stereocenters. The van der Waals surface area contributed by atoms with Gasteiger partial charge in [0, 0.05) is 0 Å².